The van der Waals surface area contributed by atoms with Crippen LogP contribution in [0.1, 0.15) is 30.5 Å². The molecule has 1 aromatic heterocycles. The first kappa shape index (κ1) is 19.8. The van der Waals surface area contributed by atoms with E-state index < -0.39 is 31.7 Å². The molecule has 0 unspecified atom stereocenters. The van der Waals surface area contributed by atoms with E-state index in [-0.39, 0.29) is 18.1 Å². The second kappa shape index (κ2) is 7.24. The first-order valence-corrected chi connectivity index (χ1v) is 10.1. The molecule has 146 valence electrons. The Balaban J connectivity index is 2.06. The number of nitrogens with zero attached hydrogens (tertiary/aromatic N) is 1. The number of hydrogen-bond acceptors (Lipinski definition) is 4. The summed E-state index contributed by atoms with van der Waals surface area (Å²) in [5, 5.41) is -0.865. The van der Waals surface area contributed by atoms with Gasteiger partial charge in [0.05, 0.1) is 21.8 Å². The van der Waals surface area contributed by atoms with Crippen molar-refractivity contribution in [3.8, 4) is 11.1 Å². The molecule has 0 radical (unpaired) electrons. The van der Waals surface area contributed by atoms with Crippen LogP contribution in [0.2, 0.25) is 0 Å². The van der Waals surface area contributed by atoms with Crippen molar-refractivity contribution in [3.05, 3.63) is 47.8 Å². The Morgan fingerprint density at radius 3 is 2.37 bits per heavy atom. The van der Waals surface area contributed by atoms with Crippen molar-refractivity contribution in [1.29, 1.82) is 0 Å². The third-order valence-corrected chi connectivity index (χ3v) is 7.22. The number of aryl methyl sites for hydroxylation is 1. The van der Waals surface area contributed by atoms with Gasteiger partial charge >= 0.3 is 6.18 Å². The van der Waals surface area contributed by atoms with Crippen LogP contribution < -0.4 is 0 Å². The molecule has 1 fully saturated rings. The summed E-state index contributed by atoms with van der Waals surface area (Å²) in [5.74, 6) is 0. The van der Waals surface area contributed by atoms with E-state index in [1.807, 2.05) is 0 Å². The fourth-order valence-corrected chi connectivity index (χ4v) is 5.41. The average Bonchev–Trinajstić information content (AvgIpc) is 3.11. The van der Waals surface area contributed by atoms with Crippen LogP contribution in [-0.2, 0) is 20.8 Å². The zero-order valence-electron chi connectivity index (χ0n) is 15.0. The maximum absolute atomic E-state index is 13.7. The first-order chi connectivity index (χ1) is 12.6. The molecule has 4 nitrogen and oxygen atoms in total. The largest absolute Gasteiger partial charge is 0.417 e. The Kier molecular flexibility index (Phi) is 5.31. The van der Waals surface area contributed by atoms with Crippen molar-refractivity contribution >= 4 is 9.84 Å². The minimum atomic E-state index is -4.78. The highest BCUT2D eigenvalue weighted by molar-refractivity contribution is 7.92. The Bertz CT molecular complexity index is 924. The standard InChI is InChI=1S/C19H20F3NO3S/c1-12-3-4-14(11-23-12)13-5-8-18(17(9-13)19(20,21)22)27(24,25)16-7-6-15(10-16)26-2/h3-5,8-9,11,15-16H,6-7,10H2,1-2H3/t15-,16-/m1/s1. The second-order valence-electron chi connectivity index (χ2n) is 6.73. The van der Waals surface area contributed by atoms with E-state index in [1.165, 1.54) is 19.4 Å². The Morgan fingerprint density at radius 2 is 1.81 bits per heavy atom. The zero-order chi connectivity index (χ0) is 19.8. The average molecular weight is 399 g/mol. The molecular formula is C19H20F3NO3S. The number of alkyl halides is 3. The van der Waals surface area contributed by atoms with Gasteiger partial charge < -0.3 is 4.74 Å². The summed E-state index contributed by atoms with van der Waals surface area (Å²) >= 11 is 0. The monoisotopic (exact) mass is 399 g/mol. The van der Waals surface area contributed by atoms with Gasteiger partial charge in [0.15, 0.2) is 9.84 Å². The number of ether oxygens (including phenoxy) is 1. The molecular weight excluding hydrogens is 379 g/mol. The highest BCUT2D eigenvalue weighted by Gasteiger charge is 2.42. The summed E-state index contributed by atoms with van der Waals surface area (Å²) in [6.45, 7) is 1.77. The smallest absolute Gasteiger partial charge is 0.381 e. The van der Waals surface area contributed by atoms with Crippen molar-refractivity contribution in [3.63, 3.8) is 0 Å². The maximum Gasteiger partial charge on any atom is 0.417 e. The number of sulfone groups is 1. The molecule has 1 saturated carbocycles. The highest BCUT2D eigenvalue weighted by atomic mass is 32.2. The molecule has 1 aliphatic rings. The quantitative estimate of drug-likeness (QED) is 0.764. The highest BCUT2D eigenvalue weighted by Crippen LogP contribution is 2.40. The van der Waals surface area contributed by atoms with Crippen LogP contribution >= 0.6 is 0 Å². The van der Waals surface area contributed by atoms with Crippen LogP contribution in [0.3, 0.4) is 0 Å². The SMILES string of the molecule is CO[C@@H]1CC[C@@H](S(=O)(=O)c2ccc(-c3ccc(C)nc3)cc2C(F)(F)F)C1. The molecule has 0 saturated heterocycles. The maximum atomic E-state index is 13.7. The number of pyridine rings is 1. The molecule has 0 N–H and O–H groups in total. The van der Waals surface area contributed by atoms with E-state index in [1.54, 1.807) is 19.1 Å². The minimum Gasteiger partial charge on any atom is -0.381 e. The fourth-order valence-electron chi connectivity index (χ4n) is 3.39. The van der Waals surface area contributed by atoms with E-state index in [0.29, 0.717) is 18.4 Å². The van der Waals surface area contributed by atoms with E-state index >= 15 is 0 Å². The lowest BCUT2D eigenvalue weighted by molar-refractivity contribution is -0.139. The van der Waals surface area contributed by atoms with Gasteiger partial charge in [-0.1, -0.05) is 12.1 Å². The van der Waals surface area contributed by atoms with E-state index in [9.17, 15) is 21.6 Å². The summed E-state index contributed by atoms with van der Waals surface area (Å²) < 4.78 is 71.9. The number of hydrogen-bond donors (Lipinski definition) is 0. The summed E-state index contributed by atoms with van der Waals surface area (Å²) in [6, 6.07) is 6.70. The number of rotatable bonds is 4. The van der Waals surface area contributed by atoms with Crippen LogP contribution in [0.5, 0.6) is 0 Å². The fraction of sp³-hybridized carbons (Fsp3) is 0.421. The van der Waals surface area contributed by atoms with Crippen molar-refractivity contribution in [1.82, 2.24) is 4.98 Å². The topological polar surface area (TPSA) is 56.3 Å². The predicted molar refractivity (Wildman–Crippen MR) is 95.0 cm³/mol. The molecule has 0 bridgehead atoms. The molecule has 1 aromatic carbocycles. The van der Waals surface area contributed by atoms with Crippen molar-refractivity contribution in [2.75, 3.05) is 7.11 Å². The molecule has 1 heterocycles. The van der Waals surface area contributed by atoms with Crippen LogP contribution in [0.15, 0.2) is 41.4 Å². The lowest BCUT2D eigenvalue weighted by Gasteiger charge is -2.18. The molecule has 0 spiro atoms. The van der Waals surface area contributed by atoms with Gasteiger partial charge in [-0.15, -0.1) is 0 Å². The van der Waals surface area contributed by atoms with E-state index in [4.69, 9.17) is 4.74 Å². The lowest BCUT2D eigenvalue weighted by Crippen LogP contribution is -2.23. The number of methoxy groups -OCH3 is 1. The van der Waals surface area contributed by atoms with Crippen molar-refractivity contribution in [2.45, 2.75) is 48.6 Å². The number of benzene rings is 1. The Labute approximate surface area is 156 Å². The van der Waals surface area contributed by atoms with Crippen LogP contribution in [0.25, 0.3) is 11.1 Å². The number of aromatic nitrogens is 1. The Morgan fingerprint density at radius 1 is 1.11 bits per heavy atom. The summed E-state index contributed by atoms with van der Waals surface area (Å²) in [6.07, 6.45) is -2.53. The van der Waals surface area contributed by atoms with Gasteiger partial charge in [0.1, 0.15) is 0 Å². The molecule has 8 heteroatoms. The van der Waals surface area contributed by atoms with Gasteiger partial charge in [-0.05, 0) is 49.9 Å². The Hall–Kier alpha value is -1.93. The second-order valence-corrected chi connectivity index (χ2v) is 8.93. The molecule has 2 aromatic rings. The van der Waals surface area contributed by atoms with Gasteiger partial charge in [-0.25, -0.2) is 8.42 Å². The molecule has 27 heavy (non-hydrogen) atoms. The van der Waals surface area contributed by atoms with E-state index in [2.05, 4.69) is 4.98 Å². The van der Waals surface area contributed by atoms with Crippen molar-refractivity contribution < 1.29 is 26.3 Å². The predicted octanol–water partition coefficient (Wildman–Crippen LogP) is 4.42. The summed E-state index contributed by atoms with van der Waals surface area (Å²) in [7, 11) is -2.64. The zero-order valence-corrected chi connectivity index (χ0v) is 15.8. The third-order valence-electron chi connectivity index (χ3n) is 4.94. The molecule has 0 amide bonds. The molecule has 2 atom stereocenters. The van der Waals surface area contributed by atoms with Gasteiger partial charge in [0, 0.05) is 24.6 Å². The number of halogens is 3. The summed E-state index contributed by atoms with van der Waals surface area (Å²) in [4.78, 5) is 3.42. The van der Waals surface area contributed by atoms with Gasteiger partial charge in [0.2, 0.25) is 0 Å². The van der Waals surface area contributed by atoms with Gasteiger partial charge in [-0.3, -0.25) is 4.98 Å². The third kappa shape index (κ3) is 4.01. The van der Waals surface area contributed by atoms with Gasteiger partial charge in [-0.2, -0.15) is 13.2 Å². The lowest BCUT2D eigenvalue weighted by atomic mass is 10.0. The van der Waals surface area contributed by atoms with E-state index in [0.717, 1.165) is 17.8 Å². The van der Waals surface area contributed by atoms with Crippen LogP contribution in [0.4, 0.5) is 13.2 Å². The summed E-state index contributed by atoms with van der Waals surface area (Å²) in [5.41, 5.74) is 0.370. The van der Waals surface area contributed by atoms with Crippen LogP contribution in [-0.4, -0.2) is 31.9 Å². The first-order valence-electron chi connectivity index (χ1n) is 8.54. The molecule has 1 aliphatic carbocycles. The molecule has 0 aliphatic heterocycles. The van der Waals surface area contributed by atoms with Gasteiger partial charge in [0.25, 0.3) is 0 Å². The normalized spacial score (nSPS) is 20.8. The molecule has 3 rings (SSSR count). The van der Waals surface area contributed by atoms with Crippen LogP contribution in [0, 0.1) is 6.92 Å². The minimum absolute atomic E-state index is 0.208. The van der Waals surface area contributed by atoms with Crippen molar-refractivity contribution in [2.24, 2.45) is 0 Å².